The molecule has 124 valence electrons. The Balaban J connectivity index is 2.02. The second kappa shape index (κ2) is 5.72. The van der Waals surface area contributed by atoms with Gasteiger partial charge in [0.1, 0.15) is 24.6 Å². The standard InChI is InChI=1S/C16H22BNO5/c1-9-8-20-11-7-5-6-10-12(11)17(22-9)23-13(10)14(16(2,3)4)21-15(18)19/h5-7,9,13-14H,8H2,1-4H3,(H2,18,19). The van der Waals surface area contributed by atoms with E-state index in [0.29, 0.717) is 6.61 Å². The van der Waals surface area contributed by atoms with Crippen molar-refractivity contribution in [3.8, 4) is 5.75 Å². The minimum atomic E-state index is -0.813. The van der Waals surface area contributed by atoms with Gasteiger partial charge in [0.15, 0.2) is 0 Å². The molecule has 0 aromatic heterocycles. The van der Waals surface area contributed by atoms with Crippen molar-refractivity contribution in [2.75, 3.05) is 6.61 Å². The van der Waals surface area contributed by atoms with E-state index in [-0.39, 0.29) is 11.5 Å². The van der Waals surface area contributed by atoms with E-state index >= 15 is 0 Å². The zero-order chi connectivity index (χ0) is 16.8. The Morgan fingerprint density at radius 2 is 2.13 bits per heavy atom. The van der Waals surface area contributed by atoms with Crippen molar-refractivity contribution in [3.05, 3.63) is 23.8 Å². The van der Waals surface area contributed by atoms with Crippen molar-refractivity contribution in [2.45, 2.75) is 46.0 Å². The van der Waals surface area contributed by atoms with Crippen molar-refractivity contribution in [1.29, 1.82) is 0 Å². The lowest BCUT2D eigenvalue weighted by Gasteiger charge is -2.34. The van der Waals surface area contributed by atoms with E-state index < -0.39 is 25.4 Å². The molecular weight excluding hydrogens is 297 g/mol. The Labute approximate surface area is 136 Å². The summed E-state index contributed by atoms with van der Waals surface area (Å²) in [5.41, 5.74) is 6.71. The van der Waals surface area contributed by atoms with Gasteiger partial charge in [-0.1, -0.05) is 32.9 Å². The number of rotatable bonds is 2. The van der Waals surface area contributed by atoms with Gasteiger partial charge in [-0.2, -0.15) is 0 Å². The summed E-state index contributed by atoms with van der Waals surface area (Å²) >= 11 is 0. The number of primary amides is 1. The molecule has 0 saturated heterocycles. The smallest absolute Gasteiger partial charge is 0.491 e. The van der Waals surface area contributed by atoms with Gasteiger partial charge >= 0.3 is 13.2 Å². The fraction of sp³-hybridized carbons (Fsp3) is 0.562. The second-order valence-electron chi connectivity index (χ2n) is 7.13. The fourth-order valence-electron chi connectivity index (χ4n) is 3.07. The lowest BCUT2D eigenvalue weighted by molar-refractivity contribution is -0.0470. The summed E-state index contributed by atoms with van der Waals surface area (Å²) in [7, 11) is -0.523. The van der Waals surface area contributed by atoms with Gasteiger partial charge in [0.2, 0.25) is 0 Å². The predicted octanol–water partition coefficient (Wildman–Crippen LogP) is 1.76. The molecule has 0 fully saturated rings. The largest absolute Gasteiger partial charge is 0.498 e. The van der Waals surface area contributed by atoms with Crippen LogP contribution in [0.2, 0.25) is 0 Å². The van der Waals surface area contributed by atoms with Crippen LogP contribution >= 0.6 is 0 Å². The molecular formula is C16H22BNO5. The van der Waals surface area contributed by atoms with Gasteiger partial charge in [0.05, 0.1) is 6.10 Å². The molecule has 3 rings (SSSR count). The first-order valence-electron chi connectivity index (χ1n) is 7.80. The molecule has 2 heterocycles. The van der Waals surface area contributed by atoms with Gasteiger partial charge in [-0.25, -0.2) is 4.79 Å². The zero-order valence-corrected chi connectivity index (χ0v) is 13.9. The highest BCUT2D eigenvalue weighted by molar-refractivity contribution is 6.64. The number of carbonyl (C=O) groups excluding carboxylic acids is 1. The Kier molecular flexibility index (Phi) is 4.02. The molecule has 1 amide bonds. The lowest BCUT2D eigenvalue weighted by atomic mass is 9.76. The summed E-state index contributed by atoms with van der Waals surface area (Å²) in [6, 6.07) is 5.77. The van der Waals surface area contributed by atoms with E-state index in [4.69, 9.17) is 24.5 Å². The third-order valence-corrected chi connectivity index (χ3v) is 4.11. The van der Waals surface area contributed by atoms with Crippen molar-refractivity contribution in [1.82, 2.24) is 0 Å². The third kappa shape index (κ3) is 3.03. The maximum atomic E-state index is 11.4. The highest BCUT2D eigenvalue weighted by Gasteiger charge is 2.49. The molecule has 1 aromatic rings. The molecule has 1 aromatic carbocycles. The van der Waals surface area contributed by atoms with E-state index in [1.54, 1.807) is 0 Å². The quantitative estimate of drug-likeness (QED) is 0.840. The molecule has 3 atom stereocenters. The predicted molar refractivity (Wildman–Crippen MR) is 85.6 cm³/mol. The maximum Gasteiger partial charge on any atom is 0.498 e. The van der Waals surface area contributed by atoms with Crippen LogP contribution in [0.1, 0.15) is 39.4 Å². The van der Waals surface area contributed by atoms with Crippen LogP contribution in [0.5, 0.6) is 5.75 Å². The third-order valence-electron chi connectivity index (χ3n) is 4.11. The Bertz CT molecular complexity index is 615. The van der Waals surface area contributed by atoms with E-state index in [9.17, 15) is 4.79 Å². The monoisotopic (exact) mass is 319 g/mol. The number of amides is 1. The summed E-state index contributed by atoms with van der Waals surface area (Å²) in [5.74, 6) is 0.756. The van der Waals surface area contributed by atoms with Gasteiger partial charge in [-0.05, 0) is 18.6 Å². The zero-order valence-electron chi connectivity index (χ0n) is 13.9. The Morgan fingerprint density at radius 3 is 2.78 bits per heavy atom. The number of carbonyl (C=O) groups is 1. The van der Waals surface area contributed by atoms with Crippen LogP contribution < -0.4 is 15.9 Å². The van der Waals surface area contributed by atoms with Crippen LogP contribution in [0.25, 0.3) is 0 Å². The van der Waals surface area contributed by atoms with Gasteiger partial charge in [0.25, 0.3) is 0 Å². The summed E-state index contributed by atoms with van der Waals surface area (Å²) < 4.78 is 23.2. The Hall–Kier alpha value is -1.73. The molecule has 3 unspecified atom stereocenters. The normalized spacial score (nSPS) is 24.4. The summed E-state index contributed by atoms with van der Waals surface area (Å²) in [4.78, 5) is 11.4. The second-order valence-corrected chi connectivity index (χ2v) is 7.13. The molecule has 0 radical (unpaired) electrons. The van der Waals surface area contributed by atoms with Crippen LogP contribution in [-0.2, 0) is 14.0 Å². The number of nitrogens with two attached hydrogens (primary N) is 1. The maximum absolute atomic E-state index is 11.4. The Morgan fingerprint density at radius 1 is 1.39 bits per heavy atom. The molecule has 2 aliphatic rings. The number of hydrogen-bond acceptors (Lipinski definition) is 5. The van der Waals surface area contributed by atoms with Crippen molar-refractivity contribution in [2.24, 2.45) is 11.1 Å². The lowest BCUT2D eigenvalue weighted by Crippen LogP contribution is -2.40. The molecule has 0 aliphatic carbocycles. The van der Waals surface area contributed by atoms with Crippen molar-refractivity contribution >= 4 is 18.7 Å². The highest BCUT2D eigenvalue weighted by Crippen LogP contribution is 2.40. The molecule has 7 heteroatoms. The average Bonchev–Trinajstić information content (AvgIpc) is 2.71. The van der Waals surface area contributed by atoms with Gasteiger partial charge in [-0.15, -0.1) is 0 Å². The molecule has 0 spiro atoms. The van der Waals surface area contributed by atoms with E-state index in [1.807, 2.05) is 45.9 Å². The van der Waals surface area contributed by atoms with Gasteiger partial charge in [-0.3, -0.25) is 0 Å². The number of hydrogen-bond donors (Lipinski definition) is 1. The van der Waals surface area contributed by atoms with E-state index in [2.05, 4.69) is 0 Å². The van der Waals surface area contributed by atoms with Crippen molar-refractivity contribution < 1.29 is 23.6 Å². The first-order chi connectivity index (χ1) is 10.8. The van der Waals surface area contributed by atoms with Gasteiger partial charge in [0, 0.05) is 10.9 Å². The van der Waals surface area contributed by atoms with Crippen LogP contribution in [0.3, 0.4) is 0 Å². The van der Waals surface area contributed by atoms with Crippen LogP contribution in [0, 0.1) is 5.41 Å². The SMILES string of the molecule is CC1COc2cccc3c2B(O1)OC3C(OC(N)=O)C(C)(C)C. The van der Waals surface area contributed by atoms with Gasteiger partial charge < -0.3 is 24.5 Å². The number of benzene rings is 1. The highest BCUT2D eigenvalue weighted by atomic mass is 16.6. The van der Waals surface area contributed by atoms with E-state index in [0.717, 1.165) is 16.8 Å². The van der Waals surface area contributed by atoms with Crippen LogP contribution in [-0.4, -0.2) is 32.0 Å². The summed E-state index contributed by atoms with van der Waals surface area (Å²) in [5, 5.41) is 0. The molecule has 2 N–H and O–H groups in total. The first kappa shape index (κ1) is 16.1. The molecule has 0 saturated carbocycles. The van der Waals surface area contributed by atoms with Crippen LogP contribution in [0.15, 0.2) is 18.2 Å². The summed E-state index contributed by atoms with van der Waals surface area (Å²) in [6.45, 7) is 8.34. The minimum Gasteiger partial charge on any atom is -0.491 e. The van der Waals surface area contributed by atoms with Crippen molar-refractivity contribution in [3.63, 3.8) is 0 Å². The molecule has 2 aliphatic heterocycles. The fourth-order valence-corrected chi connectivity index (χ4v) is 3.07. The minimum absolute atomic E-state index is 0.0934. The first-order valence-corrected chi connectivity index (χ1v) is 7.80. The molecule has 0 bridgehead atoms. The van der Waals surface area contributed by atoms with Crippen LogP contribution in [0.4, 0.5) is 4.79 Å². The molecule has 6 nitrogen and oxygen atoms in total. The topological polar surface area (TPSA) is 80.0 Å². The number of ether oxygens (including phenoxy) is 2. The molecule has 23 heavy (non-hydrogen) atoms. The average molecular weight is 319 g/mol. The summed E-state index contributed by atoms with van der Waals surface area (Å²) in [6.07, 6.45) is -1.88. The van der Waals surface area contributed by atoms with E-state index in [1.165, 1.54) is 0 Å².